The molecule has 5 rings (SSSR count). The SMILES string of the molecule is CC(=O)O.COc1cc(C(Cc2ccc(C(=N)N)cc2)c2nn(-c3ncccn3)c(=O)[nH]2)cc2c1OCOC2C. The normalized spacial score (nSPS) is 14.6. The Labute approximate surface area is 229 Å². The zero-order valence-corrected chi connectivity index (χ0v) is 22.1. The number of aromatic amines is 1. The molecule has 0 saturated heterocycles. The van der Waals surface area contributed by atoms with Crippen molar-refractivity contribution in [3.05, 3.63) is 93.4 Å². The van der Waals surface area contributed by atoms with Gasteiger partial charge in [-0.25, -0.2) is 14.8 Å². The molecular weight excluding hydrogens is 518 g/mol. The number of methoxy groups -OCH3 is 1. The Bertz CT molecular complexity index is 1550. The number of amidine groups is 1. The lowest BCUT2D eigenvalue weighted by atomic mass is 9.88. The first-order valence-electron chi connectivity index (χ1n) is 12.2. The van der Waals surface area contributed by atoms with E-state index in [2.05, 4.69) is 20.1 Å². The molecule has 2 aromatic carbocycles. The van der Waals surface area contributed by atoms with Gasteiger partial charge in [0.1, 0.15) is 11.7 Å². The minimum absolute atomic E-state index is 0.00237. The van der Waals surface area contributed by atoms with Crippen LogP contribution in [0.2, 0.25) is 0 Å². The first-order valence-corrected chi connectivity index (χ1v) is 12.2. The van der Waals surface area contributed by atoms with E-state index in [1.807, 2.05) is 31.2 Å². The summed E-state index contributed by atoms with van der Waals surface area (Å²) in [5.41, 5.74) is 8.47. The van der Waals surface area contributed by atoms with Crippen LogP contribution < -0.4 is 20.9 Å². The van der Waals surface area contributed by atoms with Gasteiger partial charge in [-0.05, 0) is 42.7 Å². The van der Waals surface area contributed by atoms with Gasteiger partial charge in [0.25, 0.3) is 11.9 Å². The summed E-state index contributed by atoms with van der Waals surface area (Å²) < 4.78 is 18.2. The van der Waals surface area contributed by atoms with Gasteiger partial charge in [-0.3, -0.25) is 15.2 Å². The van der Waals surface area contributed by atoms with Crippen molar-refractivity contribution >= 4 is 11.8 Å². The van der Waals surface area contributed by atoms with Crippen molar-refractivity contribution < 1.29 is 24.1 Å². The maximum atomic E-state index is 12.8. The Morgan fingerprint density at radius 2 is 1.95 bits per heavy atom. The summed E-state index contributed by atoms with van der Waals surface area (Å²) in [4.78, 5) is 33.0. The first kappa shape index (κ1) is 28.0. The van der Waals surface area contributed by atoms with Gasteiger partial charge >= 0.3 is 5.69 Å². The maximum Gasteiger partial charge on any atom is 0.350 e. The van der Waals surface area contributed by atoms with E-state index in [4.69, 9.17) is 35.3 Å². The molecule has 0 spiro atoms. The predicted molar refractivity (Wildman–Crippen MR) is 144 cm³/mol. The van der Waals surface area contributed by atoms with Crippen LogP contribution in [-0.4, -0.2) is 55.5 Å². The Hall–Kier alpha value is -5.04. The van der Waals surface area contributed by atoms with Gasteiger partial charge in [0.15, 0.2) is 18.3 Å². The zero-order chi connectivity index (χ0) is 28.8. The molecule has 5 N–H and O–H groups in total. The van der Waals surface area contributed by atoms with E-state index < -0.39 is 11.7 Å². The van der Waals surface area contributed by atoms with Crippen molar-refractivity contribution in [2.75, 3.05) is 13.9 Å². The Morgan fingerprint density at radius 3 is 2.58 bits per heavy atom. The molecule has 13 heteroatoms. The number of nitrogens with two attached hydrogens (primary N) is 1. The molecule has 0 radical (unpaired) electrons. The van der Waals surface area contributed by atoms with Crippen molar-refractivity contribution in [3.63, 3.8) is 0 Å². The summed E-state index contributed by atoms with van der Waals surface area (Å²) >= 11 is 0. The van der Waals surface area contributed by atoms with Crippen LogP contribution >= 0.6 is 0 Å². The number of hydrogen-bond donors (Lipinski definition) is 4. The predicted octanol–water partition coefficient (Wildman–Crippen LogP) is 2.54. The van der Waals surface area contributed by atoms with E-state index in [1.54, 1.807) is 37.7 Å². The fourth-order valence-corrected chi connectivity index (χ4v) is 4.20. The highest BCUT2D eigenvalue weighted by atomic mass is 16.7. The highest BCUT2D eigenvalue weighted by Gasteiger charge is 2.28. The highest BCUT2D eigenvalue weighted by molar-refractivity contribution is 5.94. The van der Waals surface area contributed by atoms with Gasteiger partial charge in [0, 0.05) is 36.4 Å². The van der Waals surface area contributed by atoms with Crippen LogP contribution in [0.4, 0.5) is 0 Å². The van der Waals surface area contributed by atoms with Crippen LogP contribution in [0.25, 0.3) is 5.95 Å². The van der Waals surface area contributed by atoms with Crippen LogP contribution in [0.15, 0.2) is 59.7 Å². The molecule has 2 atom stereocenters. The molecule has 3 heterocycles. The van der Waals surface area contributed by atoms with Crippen molar-refractivity contribution in [1.29, 1.82) is 5.41 Å². The third-order valence-corrected chi connectivity index (χ3v) is 6.10. The average molecular weight is 548 g/mol. The molecule has 208 valence electrons. The standard InChI is InChI=1S/C25H25N7O4.C2H4O2/c1-14-18-11-17(12-20(34-2)21(18)36-13-35-14)19(10-15-4-6-16(7-5-15)22(26)27)23-30-25(33)32(31-23)24-28-8-3-9-29-24;1-2(3)4/h3-9,11-12,14,19H,10,13H2,1-2H3,(H3,26,27)(H,30,31,33);1H3,(H,3,4). The number of nitrogens with zero attached hydrogens (tertiary/aromatic N) is 4. The molecule has 2 aromatic heterocycles. The number of rotatable bonds is 7. The summed E-state index contributed by atoms with van der Waals surface area (Å²) in [5.74, 6) is 0.629. The number of H-pyrrole nitrogens is 1. The molecule has 13 nitrogen and oxygen atoms in total. The van der Waals surface area contributed by atoms with E-state index in [0.717, 1.165) is 28.3 Å². The fraction of sp³-hybridized carbons (Fsp3) is 0.259. The number of fused-ring (bicyclic) bond motifs is 1. The molecule has 0 bridgehead atoms. The zero-order valence-electron chi connectivity index (χ0n) is 22.1. The van der Waals surface area contributed by atoms with Crippen molar-refractivity contribution in [3.8, 4) is 17.4 Å². The number of aliphatic carboxylic acids is 1. The second kappa shape index (κ2) is 12.2. The second-order valence-corrected chi connectivity index (χ2v) is 8.87. The molecule has 0 fully saturated rings. The number of carboxylic acid groups (broad SMARTS) is 1. The molecule has 0 amide bonds. The van der Waals surface area contributed by atoms with Gasteiger partial charge in [-0.2, -0.15) is 0 Å². The van der Waals surface area contributed by atoms with Crippen LogP contribution in [-0.2, 0) is 16.0 Å². The number of ether oxygens (including phenoxy) is 3. The van der Waals surface area contributed by atoms with E-state index in [1.165, 1.54) is 0 Å². The number of carbonyl (C=O) groups is 1. The molecule has 0 aliphatic carbocycles. The maximum absolute atomic E-state index is 12.8. The van der Waals surface area contributed by atoms with Crippen LogP contribution in [0.3, 0.4) is 0 Å². The van der Waals surface area contributed by atoms with Gasteiger partial charge < -0.3 is 25.1 Å². The topological polar surface area (TPSA) is 191 Å². The molecule has 4 aromatic rings. The lowest BCUT2D eigenvalue weighted by Crippen LogP contribution is -2.18. The Morgan fingerprint density at radius 1 is 1.27 bits per heavy atom. The lowest BCUT2D eigenvalue weighted by Gasteiger charge is -2.27. The van der Waals surface area contributed by atoms with Crippen molar-refractivity contribution in [2.24, 2.45) is 5.73 Å². The molecule has 1 aliphatic rings. The average Bonchev–Trinajstić information content (AvgIpc) is 3.33. The minimum atomic E-state index is -0.833. The summed E-state index contributed by atoms with van der Waals surface area (Å²) in [7, 11) is 1.59. The summed E-state index contributed by atoms with van der Waals surface area (Å²) in [6.07, 6.45) is 3.39. The summed E-state index contributed by atoms with van der Waals surface area (Å²) in [6, 6.07) is 13.0. The molecule has 40 heavy (non-hydrogen) atoms. The molecular formula is C27H29N7O6. The van der Waals surface area contributed by atoms with Gasteiger partial charge in [0.05, 0.1) is 13.2 Å². The third kappa shape index (κ3) is 6.32. The van der Waals surface area contributed by atoms with Crippen molar-refractivity contribution in [2.45, 2.75) is 32.3 Å². The third-order valence-electron chi connectivity index (χ3n) is 6.10. The van der Waals surface area contributed by atoms with E-state index in [0.29, 0.717) is 29.3 Å². The lowest BCUT2D eigenvalue weighted by molar-refractivity contribution is -0.134. The van der Waals surface area contributed by atoms with Crippen LogP contribution in [0.1, 0.15) is 53.9 Å². The number of benzene rings is 2. The largest absolute Gasteiger partial charge is 0.493 e. The summed E-state index contributed by atoms with van der Waals surface area (Å²) in [6.45, 7) is 3.17. The fourth-order valence-electron chi connectivity index (χ4n) is 4.20. The molecule has 0 saturated carbocycles. The summed E-state index contributed by atoms with van der Waals surface area (Å²) in [5, 5.41) is 19.6. The Kier molecular flexibility index (Phi) is 8.54. The number of nitrogens with one attached hydrogen (secondary N) is 2. The molecule has 2 unspecified atom stereocenters. The van der Waals surface area contributed by atoms with Crippen LogP contribution in [0.5, 0.6) is 11.5 Å². The second-order valence-electron chi connectivity index (χ2n) is 8.87. The number of aromatic nitrogens is 5. The van der Waals surface area contributed by atoms with E-state index in [9.17, 15) is 4.79 Å². The monoisotopic (exact) mass is 547 g/mol. The van der Waals surface area contributed by atoms with E-state index in [-0.39, 0.29) is 30.6 Å². The number of nitrogen functional groups attached to an aromatic ring is 1. The van der Waals surface area contributed by atoms with Crippen LogP contribution in [0, 0.1) is 5.41 Å². The first-order chi connectivity index (χ1) is 19.2. The van der Waals surface area contributed by atoms with Gasteiger partial charge in [-0.15, -0.1) is 9.78 Å². The number of hydrogen-bond acceptors (Lipinski definition) is 9. The molecule has 1 aliphatic heterocycles. The smallest absolute Gasteiger partial charge is 0.350 e. The minimum Gasteiger partial charge on any atom is -0.493 e. The Balaban J connectivity index is 0.000000867. The van der Waals surface area contributed by atoms with E-state index >= 15 is 0 Å². The quantitative estimate of drug-likeness (QED) is 0.197. The van der Waals surface area contributed by atoms with Gasteiger partial charge in [0.2, 0.25) is 0 Å². The number of carboxylic acids is 1. The van der Waals surface area contributed by atoms with Gasteiger partial charge in [-0.1, -0.05) is 24.3 Å². The van der Waals surface area contributed by atoms with Crippen molar-refractivity contribution in [1.82, 2.24) is 24.7 Å². The highest BCUT2D eigenvalue weighted by Crippen LogP contribution is 2.42.